The number of carbonyl (C=O) groups is 1. The highest BCUT2D eigenvalue weighted by Gasteiger charge is 2.10. The molecule has 0 aromatic heterocycles. The maximum atomic E-state index is 12.1. The van der Waals surface area contributed by atoms with Gasteiger partial charge in [0.25, 0.3) is 5.91 Å². The molecule has 0 saturated heterocycles. The van der Waals surface area contributed by atoms with Gasteiger partial charge >= 0.3 is 0 Å². The third kappa shape index (κ3) is 4.63. The Morgan fingerprint density at radius 1 is 1.21 bits per heavy atom. The smallest absolute Gasteiger partial charge is 0.272 e. The summed E-state index contributed by atoms with van der Waals surface area (Å²) in [6, 6.07) is 9.97. The topological polar surface area (TPSA) is 59.9 Å². The van der Waals surface area contributed by atoms with Crippen LogP contribution in [-0.4, -0.2) is 25.8 Å². The van der Waals surface area contributed by atoms with Crippen molar-refractivity contribution in [2.75, 3.05) is 13.7 Å². The molecule has 24 heavy (non-hydrogen) atoms. The van der Waals surface area contributed by atoms with Crippen LogP contribution in [0, 0.1) is 0 Å². The zero-order valence-corrected chi connectivity index (χ0v) is 14.7. The molecule has 2 aromatic rings. The number of halogens is 2. The molecular weight excluding hydrogens is 351 g/mol. The maximum absolute atomic E-state index is 12.1. The molecule has 126 valence electrons. The van der Waals surface area contributed by atoms with E-state index < -0.39 is 5.91 Å². The summed E-state index contributed by atoms with van der Waals surface area (Å²) >= 11 is 11.8. The van der Waals surface area contributed by atoms with E-state index in [9.17, 15) is 4.79 Å². The van der Waals surface area contributed by atoms with E-state index in [0.717, 1.165) is 5.56 Å². The van der Waals surface area contributed by atoms with Crippen molar-refractivity contribution < 1.29 is 14.3 Å². The van der Waals surface area contributed by atoms with Gasteiger partial charge in [-0.25, -0.2) is 5.43 Å². The average Bonchev–Trinajstić information content (AvgIpc) is 2.57. The number of hydrogen-bond acceptors (Lipinski definition) is 4. The highest BCUT2D eigenvalue weighted by Crippen LogP contribution is 2.27. The molecular formula is C17H16Cl2N2O3. The molecule has 0 heterocycles. The molecule has 0 aliphatic rings. The number of amides is 1. The van der Waals surface area contributed by atoms with Gasteiger partial charge in [-0.2, -0.15) is 5.10 Å². The number of nitrogens with zero attached hydrogens (tertiary/aromatic N) is 1. The van der Waals surface area contributed by atoms with Crippen molar-refractivity contribution in [3.8, 4) is 11.5 Å². The second kappa shape index (κ2) is 8.57. The fourth-order valence-corrected chi connectivity index (χ4v) is 2.31. The van der Waals surface area contributed by atoms with Crippen LogP contribution in [0.25, 0.3) is 0 Å². The van der Waals surface area contributed by atoms with Crippen molar-refractivity contribution in [2.24, 2.45) is 5.10 Å². The summed E-state index contributed by atoms with van der Waals surface area (Å²) in [6.45, 7) is 2.40. The number of rotatable bonds is 6. The van der Waals surface area contributed by atoms with Gasteiger partial charge in [0.1, 0.15) is 0 Å². The lowest BCUT2D eigenvalue weighted by Gasteiger charge is -2.09. The molecule has 0 atom stereocenters. The van der Waals surface area contributed by atoms with Gasteiger partial charge in [-0.1, -0.05) is 23.2 Å². The standard InChI is InChI=1S/C17H16Cl2N2O3/c1-3-24-16-8-11(4-7-15(16)23-2)10-20-21-17(22)13-9-12(18)5-6-14(13)19/h4-10H,3H2,1-2H3,(H,21,22)/b20-10-. The van der Waals surface area contributed by atoms with Gasteiger partial charge in [0.2, 0.25) is 0 Å². The van der Waals surface area contributed by atoms with Gasteiger partial charge in [0.05, 0.1) is 30.5 Å². The minimum atomic E-state index is -0.447. The first kappa shape index (κ1) is 18.1. The quantitative estimate of drug-likeness (QED) is 0.616. The molecule has 2 rings (SSSR count). The molecule has 0 saturated carbocycles. The molecule has 1 N–H and O–H groups in total. The molecule has 0 radical (unpaired) electrons. The minimum Gasteiger partial charge on any atom is -0.493 e. The SMILES string of the molecule is CCOc1cc(/C=N\NC(=O)c2cc(Cl)ccc2Cl)ccc1OC. The fourth-order valence-electron chi connectivity index (χ4n) is 1.94. The van der Waals surface area contributed by atoms with E-state index in [0.29, 0.717) is 28.2 Å². The van der Waals surface area contributed by atoms with Gasteiger partial charge in [-0.05, 0) is 48.9 Å². The summed E-state index contributed by atoms with van der Waals surface area (Å²) < 4.78 is 10.7. The van der Waals surface area contributed by atoms with Crippen LogP contribution >= 0.6 is 23.2 Å². The zero-order valence-electron chi connectivity index (χ0n) is 13.2. The van der Waals surface area contributed by atoms with Crippen molar-refractivity contribution >= 4 is 35.3 Å². The Kier molecular flexibility index (Phi) is 6.46. The Morgan fingerprint density at radius 3 is 2.71 bits per heavy atom. The van der Waals surface area contributed by atoms with E-state index in [-0.39, 0.29) is 5.56 Å². The first-order valence-electron chi connectivity index (χ1n) is 7.14. The number of hydrogen-bond donors (Lipinski definition) is 1. The van der Waals surface area contributed by atoms with Crippen LogP contribution in [0.3, 0.4) is 0 Å². The van der Waals surface area contributed by atoms with E-state index in [2.05, 4.69) is 10.5 Å². The first-order chi connectivity index (χ1) is 11.5. The number of carbonyl (C=O) groups excluding carboxylic acids is 1. The number of nitrogens with one attached hydrogen (secondary N) is 1. The van der Waals surface area contributed by atoms with Crippen LogP contribution in [0.5, 0.6) is 11.5 Å². The predicted octanol–water partition coefficient (Wildman–Crippen LogP) is 4.16. The summed E-state index contributed by atoms with van der Waals surface area (Å²) in [5.74, 6) is 0.786. The fraction of sp³-hybridized carbons (Fsp3) is 0.176. The van der Waals surface area contributed by atoms with Gasteiger partial charge in [0.15, 0.2) is 11.5 Å². The average molecular weight is 367 g/mol. The Balaban J connectivity index is 2.09. The van der Waals surface area contributed by atoms with Gasteiger partial charge in [0, 0.05) is 5.02 Å². The number of hydrazone groups is 1. The Hall–Kier alpha value is -2.24. The normalized spacial score (nSPS) is 10.7. The molecule has 2 aromatic carbocycles. The largest absolute Gasteiger partial charge is 0.493 e. The Bertz CT molecular complexity index is 763. The van der Waals surface area contributed by atoms with Crippen LogP contribution in [-0.2, 0) is 0 Å². The van der Waals surface area contributed by atoms with E-state index in [4.69, 9.17) is 32.7 Å². The summed E-state index contributed by atoms with van der Waals surface area (Å²) in [5.41, 5.74) is 3.41. The lowest BCUT2D eigenvalue weighted by molar-refractivity contribution is 0.0955. The zero-order chi connectivity index (χ0) is 17.5. The monoisotopic (exact) mass is 366 g/mol. The van der Waals surface area contributed by atoms with Crippen LogP contribution in [0.2, 0.25) is 10.0 Å². The van der Waals surface area contributed by atoms with Crippen molar-refractivity contribution in [3.05, 3.63) is 57.6 Å². The van der Waals surface area contributed by atoms with E-state index >= 15 is 0 Å². The van der Waals surface area contributed by atoms with E-state index in [1.54, 1.807) is 37.4 Å². The maximum Gasteiger partial charge on any atom is 0.272 e. The highest BCUT2D eigenvalue weighted by atomic mass is 35.5. The van der Waals surface area contributed by atoms with Crippen molar-refractivity contribution in [2.45, 2.75) is 6.92 Å². The van der Waals surface area contributed by atoms with Gasteiger partial charge < -0.3 is 9.47 Å². The summed E-state index contributed by atoms with van der Waals surface area (Å²) in [7, 11) is 1.57. The van der Waals surface area contributed by atoms with E-state index in [1.165, 1.54) is 12.3 Å². The lowest BCUT2D eigenvalue weighted by Crippen LogP contribution is -2.18. The number of benzene rings is 2. The predicted molar refractivity (Wildman–Crippen MR) is 95.7 cm³/mol. The first-order valence-corrected chi connectivity index (χ1v) is 7.90. The van der Waals surface area contributed by atoms with Crippen LogP contribution in [0.4, 0.5) is 0 Å². The van der Waals surface area contributed by atoms with Crippen molar-refractivity contribution in [1.29, 1.82) is 0 Å². The summed E-state index contributed by atoms with van der Waals surface area (Å²) in [4.78, 5) is 12.1. The lowest BCUT2D eigenvalue weighted by atomic mass is 10.2. The number of ether oxygens (including phenoxy) is 2. The second-order valence-electron chi connectivity index (χ2n) is 4.67. The summed E-state index contributed by atoms with van der Waals surface area (Å²) in [5, 5.41) is 4.65. The summed E-state index contributed by atoms with van der Waals surface area (Å²) in [6.07, 6.45) is 1.50. The van der Waals surface area contributed by atoms with Crippen LogP contribution < -0.4 is 14.9 Å². The highest BCUT2D eigenvalue weighted by molar-refractivity contribution is 6.35. The van der Waals surface area contributed by atoms with Gasteiger partial charge in [-0.3, -0.25) is 4.79 Å². The Labute approximate surface area is 150 Å². The number of methoxy groups -OCH3 is 1. The molecule has 0 bridgehead atoms. The van der Waals surface area contributed by atoms with Crippen LogP contribution in [0.15, 0.2) is 41.5 Å². The second-order valence-corrected chi connectivity index (χ2v) is 5.51. The molecule has 1 amide bonds. The molecule has 0 fully saturated rings. The molecule has 0 unspecified atom stereocenters. The third-order valence-electron chi connectivity index (χ3n) is 3.04. The minimum absolute atomic E-state index is 0.256. The molecule has 7 heteroatoms. The van der Waals surface area contributed by atoms with Crippen molar-refractivity contribution in [1.82, 2.24) is 5.43 Å². The Morgan fingerprint density at radius 2 is 2.00 bits per heavy atom. The molecule has 0 spiro atoms. The molecule has 5 nitrogen and oxygen atoms in total. The van der Waals surface area contributed by atoms with Crippen LogP contribution in [0.1, 0.15) is 22.8 Å². The molecule has 0 aliphatic carbocycles. The van der Waals surface area contributed by atoms with E-state index in [1.807, 2.05) is 6.92 Å². The third-order valence-corrected chi connectivity index (χ3v) is 3.60. The van der Waals surface area contributed by atoms with Gasteiger partial charge in [-0.15, -0.1) is 0 Å². The molecule has 0 aliphatic heterocycles. The van der Waals surface area contributed by atoms with Crippen molar-refractivity contribution in [3.63, 3.8) is 0 Å².